The maximum atomic E-state index is 12.8. The van der Waals surface area contributed by atoms with Crippen molar-refractivity contribution in [2.45, 2.75) is 31.7 Å². The largest absolute Gasteiger partial charge is 0.469 e. The van der Waals surface area contributed by atoms with Crippen molar-refractivity contribution in [2.24, 2.45) is 5.92 Å². The summed E-state index contributed by atoms with van der Waals surface area (Å²) in [7, 11) is 2.77. The first-order valence-electron chi connectivity index (χ1n) is 11.7. The Morgan fingerprint density at radius 2 is 1.58 bits per heavy atom. The highest BCUT2D eigenvalue weighted by molar-refractivity contribution is 5.89. The minimum atomic E-state index is -0.391. The van der Waals surface area contributed by atoms with Gasteiger partial charge in [0.2, 0.25) is 0 Å². The second-order valence-electron chi connectivity index (χ2n) is 8.56. The summed E-state index contributed by atoms with van der Waals surface area (Å²) in [5, 5.41) is 3.39. The number of hydrogen-bond acceptors (Lipinski definition) is 6. The molecule has 1 fully saturated rings. The van der Waals surface area contributed by atoms with Gasteiger partial charge in [-0.15, -0.1) is 0 Å². The van der Waals surface area contributed by atoms with E-state index in [1.165, 1.54) is 38.5 Å². The average Bonchev–Trinajstić information content (AvgIpc) is 2.91. The maximum absolute atomic E-state index is 12.8. The number of benzene rings is 2. The Bertz CT molecular complexity index is 1140. The summed E-state index contributed by atoms with van der Waals surface area (Å²) < 4.78 is 35.0. The minimum absolute atomic E-state index is 0.0123. The number of hydrogen-bond donors (Lipinski definition) is 1. The number of rotatable bonds is 6. The van der Waals surface area contributed by atoms with Crippen LogP contribution >= 0.6 is 0 Å². The van der Waals surface area contributed by atoms with Crippen molar-refractivity contribution in [3.8, 4) is 0 Å². The molecule has 0 aliphatic carbocycles. The molecule has 36 heavy (non-hydrogen) atoms. The van der Waals surface area contributed by atoms with Gasteiger partial charge < -0.3 is 14.8 Å². The molecule has 3 aromatic rings. The van der Waals surface area contributed by atoms with E-state index in [1.807, 2.05) is 0 Å². The fourth-order valence-corrected chi connectivity index (χ4v) is 4.08. The first-order chi connectivity index (χ1) is 17.4. The van der Waals surface area contributed by atoms with E-state index in [9.17, 15) is 18.4 Å². The van der Waals surface area contributed by atoms with E-state index in [0.29, 0.717) is 12.0 Å². The van der Waals surface area contributed by atoms with E-state index in [2.05, 4.69) is 15.0 Å². The number of pyridine rings is 1. The lowest BCUT2D eigenvalue weighted by Crippen LogP contribution is -2.42. The molecule has 0 radical (unpaired) electrons. The molecule has 190 valence electrons. The molecule has 1 aliphatic rings. The second kappa shape index (κ2) is 13.4. The van der Waals surface area contributed by atoms with Crippen LogP contribution in [0.1, 0.15) is 40.0 Å². The highest BCUT2D eigenvalue weighted by Gasteiger charge is 2.27. The van der Waals surface area contributed by atoms with Gasteiger partial charge in [0.1, 0.15) is 11.6 Å². The van der Waals surface area contributed by atoms with E-state index in [-0.39, 0.29) is 29.6 Å². The molecule has 2 heterocycles. The molecule has 1 aromatic heterocycles. The smallest absolute Gasteiger partial charge is 0.337 e. The van der Waals surface area contributed by atoms with Crippen LogP contribution in [0.5, 0.6) is 0 Å². The molecule has 2 unspecified atom stereocenters. The third-order valence-corrected chi connectivity index (χ3v) is 5.96. The lowest BCUT2D eigenvalue weighted by molar-refractivity contribution is -0.146. The predicted molar refractivity (Wildman–Crippen MR) is 131 cm³/mol. The number of carbonyl (C=O) groups excluding carboxylic acids is 2. The number of methoxy groups -OCH3 is 2. The van der Waals surface area contributed by atoms with Gasteiger partial charge in [-0.3, -0.25) is 9.78 Å². The molecular formula is C28H30F2N2O4. The zero-order valence-corrected chi connectivity index (χ0v) is 20.4. The summed E-state index contributed by atoms with van der Waals surface area (Å²) in [6.07, 6.45) is 4.53. The molecule has 6 nitrogen and oxygen atoms in total. The lowest BCUT2D eigenvalue weighted by atomic mass is 9.89. The zero-order valence-electron chi connectivity index (χ0n) is 20.4. The topological polar surface area (TPSA) is 77.5 Å². The monoisotopic (exact) mass is 496 g/mol. The van der Waals surface area contributed by atoms with Crippen molar-refractivity contribution < 1.29 is 27.8 Å². The van der Waals surface area contributed by atoms with Crippen molar-refractivity contribution in [2.75, 3.05) is 20.8 Å². The van der Waals surface area contributed by atoms with E-state index in [0.717, 1.165) is 42.6 Å². The Kier molecular flexibility index (Phi) is 10.1. The molecule has 2 aromatic carbocycles. The first kappa shape index (κ1) is 26.9. The molecule has 4 rings (SSSR count). The normalized spacial score (nSPS) is 16.9. The molecule has 2 atom stereocenters. The third kappa shape index (κ3) is 8.23. The van der Waals surface area contributed by atoms with Crippen LogP contribution in [0.4, 0.5) is 8.78 Å². The second-order valence-corrected chi connectivity index (χ2v) is 8.56. The molecule has 0 saturated carbocycles. The fraction of sp³-hybridized carbons (Fsp3) is 0.321. The van der Waals surface area contributed by atoms with Crippen molar-refractivity contribution in [1.82, 2.24) is 10.3 Å². The Balaban J connectivity index is 0.000000201. The van der Waals surface area contributed by atoms with Gasteiger partial charge in [0, 0.05) is 24.4 Å². The van der Waals surface area contributed by atoms with Crippen molar-refractivity contribution in [3.05, 3.63) is 101 Å². The summed E-state index contributed by atoms with van der Waals surface area (Å²) in [6, 6.07) is 16.2. The summed E-state index contributed by atoms with van der Waals surface area (Å²) in [5.74, 6) is -1.02. The number of carbonyl (C=O) groups is 2. The summed E-state index contributed by atoms with van der Waals surface area (Å²) in [5.41, 5.74) is 3.22. The van der Waals surface area contributed by atoms with Gasteiger partial charge in [-0.05, 0) is 73.3 Å². The van der Waals surface area contributed by atoms with Gasteiger partial charge in [0.25, 0.3) is 0 Å². The number of esters is 2. The van der Waals surface area contributed by atoms with Crippen LogP contribution in [0, 0.1) is 17.6 Å². The number of halogens is 2. The van der Waals surface area contributed by atoms with Gasteiger partial charge >= 0.3 is 11.9 Å². The van der Waals surface area contributed by atoms with Crippen LogP contribution in [0.3, 0.4) is 0 Å². The van der Waals surface area contributed by atoms with Crippen LogP contribution in [0.25, 0.3) is 0 Å². The zero-order chi connectivity index (χ0) is 25.9. The molecule has 0 spiro atoms. The van der Waals surface area contributed by atoms with Crippen molar-refractivity contribution in [3.63, 3.8) is 0 Å². The minimum Gasteiger partial charge on any atom is -0.469 e. The highest BCUT2D eigenvalue weighted by atomic mass is 19.1. The van der Waals surface area contributed by atoms with Crippen molar-refractivity contribution in [1.29, 1.82) is 0 Å². The molecule has 0 bridgehead atoms. The first-order valence-corrected chi connectivity index (χ1v) is 11.7. The van der Waals surface area contributed by atoms with Gasteiger partial charge in [0.15, 0.2) is 0 Å². The van der Waals surface area contributed by atoms with Gasteiger partial charge in [-0.2, -0.15) is 0 Å². The van der Waals surface area contributed by atoms with Crippen molar-refractivity contribution >= 4 is 11.9 Å². The Morgan fingerprint density at radius 3 is 2.19 bits per heavy atom. The lowest BCUT2D eigenvalue weighted by Gasteiger charge is -2.28. The maximum Gasteiger partial charge on any atom is 0.337 e. The molecule has 0 amide bonds. The Labute approximate surface area is 209 Å². The van der Waals surface area contributed by atoms with Crippen LogP contribution in [0.15, 0.2) is 66.9 Å². The van der Waals surface area contributed by atoms with E-state index in [4.69, 9.17) is 4.74 Å². The summed E-state index contributed by atoms with van der Waals surface area (Å²) >= 11 is 0. The average molecular weight is 497 g/mol. The van der Waals surface area contributed by atoms with Gasteiger partial charge in [-0.1, -0.05) is 24.3 Å². The van der Waals surface area contributed by atoms with Crippen LogP contribution in [-0.2, 0) is 27.1 Å². The number of nitrogens with zero attached hydrogens (tertiary/aromatic N) is 1. The van der Waals surface area contributed by atoms with Crippen LogP contribution in [0.2, 0.25) is 0 Å². The number of aromatic nitrogens is 1. The van der Waals surface area contributed by atoms with E-state index < -0.39 is 5.97 Å². The number of ether oxygens (including phenoxy) is 2. The summed E-state index contributed by atoms with van der Waals surface area (Å²) in [6.45, 7) is 0.825. The van der Waals surface area contributed by atoms with E-state index >= 15 is 0 Å². The number of piperidine rings is 1. The highest BCUT2D eigenvalue weighted by Crippen LogP contribution is 2.20. The fourth-order valence-electron chi connectivity index (χ4n) is 4.08. The molecule has 1 aliphatic heterocycles. The summed E-state index contributed by atoms with van der Waals surface area (Å²) in [4.78, 5) is 27.0. The molecule has 8 heteroatoms. The van der Waals surface area contributed by atoms with E-state index in [1.54, 1.807) is 42.6 Å². The van der Waals surface area contributed by atoms with Crippen LogP contribution < -0.4 is 5.32 Å². The standard InChI is InChI=1S/C14H18FNO2.C14H12FNO2/c2*1-18-14(17)11-6-7-16-13(9-11)8-10-2-4-12(15)5-3-10/h2-5,11,13,16H,6-9H2,1H3;2-7,9H,8H2,1H3. The molecule has 1 N–H and O–H groups in total. The van der Waals surface area contributed by atoms with Gasteiger partial charge in [-0.25, -0.2) is 13.6 Å². The SMILES string of the molecule is COC(=O)C1CCNC(Cc2ccc(F)cc2)C1.COC(=O)c1ccnc(Cc2ccc(F)cc2)c1. The van der Waals surface area contributed by atoms with Gasteiger partial charge in [0.05, 0.1) is 25.7 Å². The Hall–Kier alpha value is -3.65. The predicted octanol–water partition coefficient (Wildman–Crippen LogP) is 4.51. The molecular weight excluding hydrogens is 466 g/mol. The third-order valence-electron chi connectivity index (χ3n) is 5.96. The molecule has 1 saturated heterocycles. The quantitative estimate of drug-likeness (QED) is 0.506. The Morgan fingerprint density at radius 1 is 0.944 bits per heavy atom. The van der Waals surface area contributed by atoms with Crippen LogP contribution in [-0.4, -0.2) is 43.7 Å². The number of nitrogens with one attached hydrogen (secondary N) is 1.